The van der Waals surface area contributed by atoms with E-state index in [1.807, 2.05) is 43.3 Å². The molecule has 2 aromatic carbocycles. The van der Waals surface area contributed by atoms with Crippen LogP contribution in [0.2, 0.25) is 0 Å². The number of halogens is 1. The summed E-state index contributed by atoms with van der Waals surface area (Å²) in [5, 5.41) is 1.12. The molecule has 0 spiro atoms. The highest BCUT2D eigenvalue weighted by Crippen LogP contribution is 2.31. The Morgan fingerprint density at radius 2 is 2.00 bits per heavy atom. The SMILES string of the molecule is Cc1ccccc1C(=O)NN1C(=O)/C(=C/c2cccc(Br)c2)SC1=S. The largest absolute Gasteiger partial charge is 0.285 e. The van der Waals surface area contributed by atoms with Crippen LogP contribution < -0.4 is 5.43 Å². The fourth-order valence-corrected chi connectivity index (χ4v) is 3.90. The van der Waals surface area contributed by atoms with Gasteiger partial charge in [-0.15, -0.1) is 0 Å². The molecule has 1 aliphatic heterocycles. The Bertz CT molecular complexity index is 911. The second-order valence-corrected chi connectivity index (χ2v) is 7.92. The fourth-order valence-electron chi connectivity index (χ4n) is 2.30. The molecule has 25 heavy (non-hydrogen) atoms. The van der Waals surface area contributed by atoms with Gasteiger partial charge in [0.2, 0.25) is 0 Å². The van der Waals surface area contributed by atoms with E-state index in [9.17, 15) is 9.59 Å². The van der Waals surface area contributed by atoms with Crippen molar-refractivity contribution in [1.82, 2.24) is 10.4 Å². The lowest BCUT2D eigenvalue weighted by atomic mass is 10.1. The average molecular weight is 433 g/mol. The van der Waals surface area contributed by atoms with E-state index in [1.54, 1.807) is 18.2 Å². The Labute approximate surface area is 163 Å². The summed E-state index contributed by atoms with van der Waals surface area (Å²) in [6.07, 6.45) is 1.75. The number of thioether (sulfide) groups is 1. The number of hydrogen-bond donors (Lipinski definition) is 1. The summed E-state index contributed by atoms with van der Waals surface area (Å²) in [6, 6.07) is 14.8. The number of nitrogens with one attached hydrogen (secondary N) is 1. The zero-order valence-corrected chi connectivity index (χ0v) is 16.4. The molecule has 0 aliphatic carbocycles. The van der Waals surface area contributed by atoms with E-state index in [0.29, 0.717) is 14.8 Å². The van der Waals surface area contributed by atoms with Crippen LogP contribution >= 0.6 is 39.9 Å². The smallest absolute Gasteiger partial charge is 0.267 e. The van der Waals surface area contributed by atoms with E-state index < -0.39 is 0 Å². The van der Waals surface area contributed by atoms with Crippen LogP contribution in [-0.4, -0.2) is 21.1 Å². The van der Waals surface area contributed by atoms with Gasteiger partial charge in [-0.2, -0.15) is 5.01 Å². The molecular formula is C18H13BrN2O2S2. The quantitative estimate of drug-likeness (QED) is 0.579. The van der Waals surface area contributed by atoms with Gasteiger partial charge in [-0.3, -0.25) is 15.0 Å². The maximum atomic E-state index is 12.6. The highest BCUT2D eigenvalue weighted by molar-refractivity contribution is 9.10. The lowest BCUT2D eigenvalue weighted by Gasteiger charge is -2.16. The first kappa shape index (κ1) is 17.8. The van der Waals surface area contributed by atoms with Gasteiger partial charge in [0, 0.05) is 10.0 Å². The van der Waals surface area contributed by atoms with Crippen molar-refractivity contribution in [3.05, 3.63) is 74.6 Å². The predicted molar refractivity (Wildman–Crippen MR) is 108 cm³/mol. The third kappa shape index (κ3) is 4.00. The molecule has 2 amide bonds. The molecular weight excluding hydrogens is 420 g/mol. The number of hydrogen-bond acceptors (Lipinski definition) is 4. The molecule has 126 valence electrons. The fraction of sp³-hybridized carbons (Fsp3) is 0.0556. The zero-order chi connectivity index (χ0) is 18.0. The maximum Gasteiger partial charge on any atom is 0.285 e. The molecule has 2 aromatic rings. The number of carbonyl (C=O) groups excluding carboxylic acids is 2. The van der Waals surface area contributed by atoms with Crippen molar-refractivity contribution in [2.45, 2.75) is 6.92 Å². The van der Waals surface area contributed by atoms with Gasteiger partial charge < -0.3 is 0 Å². The predicted octanol–water partition coefficient (Wildman–Crippen LogP) is 4.30. The van der Waals surface area contributed by atoms with Crippen LogP contribution in [0.15, 0.2) is 57.9 Å². The molecule has 4 nitrogen and oxygen atoms in total. The summed E-state index contributed by atoms with van der Waals surface area (Å²) >= 11 is 9.81. The monoisotopic (exact) mass is 432 g/mol. The lowest BCUT2D eigenvalue weighted by molar-refractivity contribution is -0.123. The molecule has 0 aromatic heterocycles. The summed E-state index contributed by atoms with van der Waals surface area (Å²) in [4.78, 5) is 25.5. The maximum absolute atomic E-state index is 12.6. The van der Waals surface area contributed by atoms with Crippen LogP contribution in [0, 0.1) is 6.92 Å². The van der Waals surface area contributed by atoms with Crippen molar-refractivity contribution >= 4 is 62.1 Å². The van der Waals surface area contributed by atoms with Crippen LogP contribution in [0.25, 0.3) is 6.08 Å². The number of amides is 2. The molecule has 1 N–H and O–H groups in total. The molecule has 1 heterocycles. The molecule has 1 saturated heterocycles. The van der Waals surface area contributed by atoms with Crippen molar-refractivity contribution < 1.29 is 9.59 Å². The Balaban J connectivity index is 1.80. The van der Waals surface area contributed by atoms with E-state index in [2.05, 4.69) is 21.4 Å². The first-order valence-electron chi connectivity index (χ1n) is 7.36. The molecule has 0 unspecified atom stereocenters. The van der Waals surface area contributed by atoms with Crippen LogP contribution in [0.5, 0.6) is 0 Å². The van der Waals surface area contributed by atoms with Gasteiger partial charge in [-0.1, -0.05) is 58.0 Å². The van der Waals surface area contributed by atoms with Gasteiger partial charge in [0.1, 0.15) is 0 Å². The van der Waals surface area contributed by atoms with Gasteiger partial charge in [-0.25, -0.2) is 0 Å². The van der Waals surface area contributed by atoms with Crippen LogP contribution in [-0.2, 0) is 4.79 Å². The second-order valence-electron chi connectivity index (χ2n) is 5.33. The first-order valence-corrected chi connectivity index (χ1v) is 9.37. The van der Waals surface area contributed by atoms with Crippen molar-refractivity contribution in [1.29, 1.82) is 0 Å². The lowest BCUT2D eigenvalue weighted by Crippen LogP contribution is -2.45. The topological polar surface area (TPSA) is 49.4 Å². The third-order valence-corrected chi connectivity index (χ3v) is 5.34. The zero-order valence-electron chi connectivity index (χ0n) is 13.2. The minimum atomic E-state index is -0.363. The summed E-state index contributed by atoms with van der Waals surface area (Å²) in [5.74, 6) is -0.699. The molecule has 0 saturated carbocycles. The van der Waals surface area contributed by atoms with Gasteiger partial charge in [-0.05, 0) is 54.5 Å². The molecule has 1 fully saturated rings. The van der Waals surface area contributed by atoms with Crippen molar-refractivity contribution in [2.24, 2.45) is 0 Å². The Morgan fingerprint density at radius 3 is 2.72 bits per heavy atom. The first-order chi connectivity index (χ1) is 12.0. The molecule has 0 radical (unpaired) electrons. The van der Waals surface area contributed by atoms with E-state index in [0.717, 1.165) is 32.4 Å². The van der Waals surface area contributed by atoms with E-state index in [-0.39, 0.29) is 11.8 Å². The standard InChI is InChI=1S/C18H13BrN2O2S2/c1-11-5-2-3-8-14(11)16(22)20-21-17(23)15(25-18(21)24)10-12-6-4-7-13(19)9-12/h2-10H,1H3,(H,20,22)/b15-10-. The van der Waals surface area contributed by atoms with Gasteiger partial charge >= 0.3 is 0 Å². The Morgan fingerprint density at radius 1 is 1.24 bits per heavy atom. The number of hydrazine groups is 1. The number of thiocarbonyl (C=S) groups is 1. The molecule has 3 rings (SSSR count). The van der Waals surface area contributed by atoms with Crippen molar-refractivity contribution in [3.63, 3.8) is 0 Å². The van der Waals surface area contributed by atoms with Gasteiger partial charge in [0.25, 0.3) is 11.8 Å². The van der Waals surface area contributed by atoms with Gasteiger partial charge in [0.05, 0.1) is 4.91 Å². The Kier molecular flexibility index (Phi) is 5.36. The third-order valence-electron chi connectivity index (χ3n) is 3.54. The molecule has 7 heteroatoms. The molecule has 0 bridgehead atoms. The number of benzene rings is 2. The van der Waals surface area contributed by atoms with Crippen LogP contribution in [0.4, 0.5) is 0 Å². The van der Waals surface area contributed by atoms with Gasteiger partial charge in [0.15, 0.2) is 4.32 Å². The summed E-state index contributed by atoms with van der Waals surface area (Å²) in [5.41, 5.74) is 4.81. The van der Waals surface area contributed by atoms with Crippen LogP contribution in [0.3, 0.4) is 0 Å². The summed E-state index contributed by atoms with van der Waals surface area (Å²) in [7, 11) is 0. The minimum Gasteiger partial charge on any atom is -0.267 e. The van der Waals surface area contributed by atoms with Crippen molar-refractivity contribution in [3.8, 4) is 0 Å². The van der Waals surface area contributed by atoms with E-state index >= 15 is 0 Å². The second kappa shape index (κ2) is 7.51. The normalized spacial score (nSPS) is 15.8. The summed E-state index contributed by atoms with van der Waals surface area (Å²) in [6.45, 7) is 1.84. The summed E-state index contributed by atoms with van der Waals surface area (Å²) < 4.78 is 1.22. The Hall–Kier alpha value is -1.96. The van der Waals surface area contributed by atoms with Crippen LogP contribution in [0.1, 0.15) is 21.5 Å². The van der Waals surface area contributed by atoms with E-state index in [4.69, 9.17) is 12.2 Å². The highest BCUT2D eigenvalue weighted by atomic mass is 79.9. The molecule has 1 aliphatic rings. The molecule has 0 atom stereocenters. The average Bonchev–Trinajstić information content (AvgIpc) is 2.83. The number of carbonyl (C=O) groups is 2. The highest BCUT2D eigenvalue weighted by Gasteiger charge is 2.33. The number of nitrogens with zero attached hydrogens (tertiary/aromatic N) is 1. The number of aryl methyl sites for hydroxylation is 1. The number of rotatable bonds is 3. The minimum absolute atomic E-state index is 0.299. The van der Waals surface area contributed by atoms with E-state index in [1.165, 1.54) is 0 Å². The van der Waals surface area contributed by atoms with Crippen molar-refractivity contribution in [2.75, 3.05) is 0 Å².